The second kappa shape index (κ2) is 10.1. The number of halogens is 3. The summed E-state index contributed by atoms with van der Waals surface area (Å²) in [5.41, 5.74) is 1.50. The first-order valence-electron chi connectivity index (χ1n) is 11.0. The predicted octanol–water partition coefficient (Wildman–Crippen LogP) is 3.93. The Morgan fingerprint density at radius 3 is 2.71 bits per heavy atom. The number of amides is 1. The van der Waals surface area contributed by atoms with E-state index in [4.69, 9.17) is 4.98 Å². The number of hydrogen-bond donors (Lipinski definition) is 1. The highest BCUT2D eigenvalue weighted by molar-refractivity contribution is 5.77. The summed E-state index contributed by atoms with van der Waals surface area (Å²) in [6.45, 7) is 2.91. The van der Waals surface area contributed by atoms with Crippen molar-refractivity contribution in [3.8, 4) is 11.7 Å². The van der Waals surface area contributed by atoms with E-state index in [0.717, 1.165) is 37.3 Å². The Labute approximate surface area is 194 Å². The van der Waals surface area contributed by atoms with Gasteiger partial charge in [-0.2, -0.15) is 4.98 Å². The van der Waals surface area contributed by atoms with Gasteiger partial charge in [0.15, 0.2) is 0 Å². The molecule has 1 aromatic carbocycles. The highest BCUT2D eigenvalue weighted by Gasteiger charge is 2.31. The van der Waals surface area contributed by atoms with Crippen LogP contribution in [0.25, 0.3) is 5.95 Å². The van der Waals surface area contributed by atoms with Gasteiger partial charge in [-0.3, -0.25) is 9.36 Å². The minimum Gasteiger partial charge on any atom is -0.406 e. The van der Waals surface area contributed by atoms with Crippen LogP contribution in [0.2, 0.25) is 0 Å². The van der Waals surface area contributed by atoms with Crippen LogP contribution in [0.4, 0.5) is 19.0 Å². The van der Waals surface area contributed by atoms with Crippen LogP contribution in [0.5, 0.6) is 5.75 Å². The number of benzene rings is 1. The molecule has 0 aliphatic carbocycles. The number of carbonyl (C=O) groups excluding carboxylic acids is 1. The quantitative estimate of drug-likeness (QED) is 0.559. The fourth-order valence-electron chi connectivity index (χ4n) is 3.99. The van der Waals surface area contributed by atoms with E-state index in [0.29, 0.717) is 17.9 Å². The molecule has 11 heteroatoms. The van der Waals surface area contributed by atoms with Gasteiger partial charge in [0, 0.05) is 49.7 Å². The average Bonchev–Trinajstić information content (AvgIpc) is 3.33. The van der Waals surface area contributed by atoms with E-state index in [2.05, 4.69) is 24.9 Å². The molecule has 1 unspecified atom stereocenters. The molecule has 0 saturated carbocycles. The van der Waals surface area contributed by atoms with Gasteiger partial charge in [0.25, 0.3) is 0 Å². The largest absolute Gasteiger partial charge is 0.573 e. The number of ether oxygens (including phenoxy) is 1. The molecule has 1 amide bonds. The van der Waals surface area contributed by atoms with E-state index < -0.39 is 6.36 Å². The number of aromatic nitrogens is 4. The molecule has 1 aliphatic heterocycles. The maximum Gasteiger partial charge on any atom is 0.573 e. The smallest absolute Gasteiger partial charge is 0.406 e. The van der Waals surface area contributed by atoms with Gasteiger partial charge in [-0.1, -0.05) is 12.1 Å². The standard InChI is InChI=1S/C23H25F3N6O2/c1-16-12-20(30-22(29-16)31-11-9-27-15-31)32-10-3-2-4-18(32)13-21(33)28-14-17-5-7-19(8-6-17)34-23(24,25)26/h5-9,11-12,15,18H,2-4,10,13-14H2,1H3,(H,28,33). The monoisotopic (exact) mass is 474 g/mol. The Bertz CT molecular complexity index is 1100. The van der Waals surface area contributed by atoms with E-state index in [1.165, 1.54) is 24.3 Å². The molecule has 3 aromatic rings. The molecule has 180 valence electrons. The number of anilines is 1. The minimum absolute atomic E-state index is 0.0127. The van der Waals surface area contributed by atoms with Crippen molar-refractivity contribution in [1.29, 1.82) is 0 Å². The second-order valence-electron chi connectivity index (χ2n) is 8.15. The Balaban J connectivity index is 1.38. The molecule has 1 saturated heterocycles. The summed E-state index contributed by atoms with van der Waals surface area (Å²) in [4.78, 5) is 28.1. The Kier molecular flexibility index (Phi) is 6.99. The summed E-state index contributed by atoms with van der Waals surface area (Å²) in [6, 6.07) is 7.35. The van der Waals surface area contributed by atoms with Gasteiger partial charge in [-0.25, -0.2) is 9.97 Å². The third kappa shape index (κ3) is 6.24. The first-order valence-corrected chi connectivity index (χ1v) is 11.0. The summed E-state index contributed by atoms with van der Waals surface area (Å²) in [5, 5.41) is 2.86. The molecule has 0 radical (unpaired) electrons. The van der Waals surface area contributed by atoms with Gasteiger partial charge in [0.05, 0.1) is 0 Å². The number of nitrogens with one attached hydrogen (secondary N) is 1. The fourth-order valence-corrected chi connectivity index (χ4v) is 3.99. The van der Waals surface area contributed by atoms with E-state index in [1.54, 1.807) is 23.3 Å². The molecule has 3 heterocycles. The van der Waals surface area contributed by atoms with Crippen molar-refractivity contribution in [2.75, 3.05) is 11.4 Å². The number of imidazole rings is 1. The maximum atomic E-state index is 12.7. The number of alkyl halides is 3. The Morgan fingerprint density at radius 1 is 1.21 bits per heavy atom. The molecule has 1 aliphatic rings. The van der Waals surface area contributed by atoms with Crippen LogP contribution in [0.1, 0.15) is 36.9 Å². The highest BCUT2D eigenvalue weighted by atomic mass is 19.4. The molecule has 8 nitrogen and oxygen atoms in total. The van der Waals surface area contributed by atoms with Crippen LogP contribution >= 0.6 is 0 Å². The second-order valence-corrected chi connectivity index (χ2v) is 8.15. The summed E-state index contributed by atoms with van der Waals surface area (Å²) >= 11 is 0. The fraction of sp³-hybridized carbons (Fsp3) is 0.391. The van der Waals surface area contributed by atoms with Gasteiger partial charge in [-0.05, 0) is 43.9 Å². The number of hydrogen-bond acceptors (Lipinski definition) is 6. The molecule has 2 aromatic heterocycles. The molecule has 4 rings (SSSR count). The van der Waals surface area contributed by atoms with Crippen molar-refractivity contribution < 1.29 is 22.7 Å². The van der Waals surface area contributed by atoms with Crippen LogP contribution in [0, 0.1) is 6.92 Å². The molecule has 1 fully saturated rings. The SMILES string of the molecule is Cc1cc(N2CCCCC2CC(=O)NCc2ccc(OC(F)(F)F)cc2)nc(-n2ccnc2)n1. The van der Waals surface area contributed by atoms with Crippen LogP contribution in [-0.4, -0.2) is 44.4 Å². The molecule has 0 spiro atoms. The zero-order valence-corrected chi connectivity index (χ0v) is 18.6. The highest BCUT2D eigenvalue weighted by Crippen LogP contribution is 2.26. The molecule has 1 N–H and O–H groups in total. The van der Waals surface area contributed by atoms with Crippen LogP contribution in [-0.2, 0) is 11.3 Å². The lowest BCUT2D eigenvalue weighted by atomic mass is 9.99. The summed E-state index contributed by atoms with van der Waals surface area (Å²) in [5.74, 6) is 0.872. The van der Waals surface area contributed by atoms with Crippen molar-refractivity contribution >= 4 is 11.7 Å². The van der Waals surface area contributed by atoms with Crippen molar-refractivity contribution in [2.24, 2.45) is 0 Å². The normalized spacial score (nSPS) is 16.4. The maximum absolute atomic E-state index is 12.7. The van der Waals surface area contributed by atoms with Crippen LogP contribution < -0.4 is 15.0 Å². The van der Waals surface area contributed by atoms with Gasteiger partial charge >= 0.3 is 6.36 Å². The molecular weight excluding hydrogens is 449 g/mol. The summed E-state index contributed by atoms with van der Waals surface area (Å²) < 4.78 is 42.5. The lowest BCUT2D eigenvalue weighted by Crippen LogP contribution is -2.43. The number of rotatable bonds is 7. The van der Waals surface area contributed by atoms with Crippen molar-refractivity contribution in [3.05, 3.63) is 60.3 Å². The lowest BCUT2D eigenvalue weighted by Gasteiger charge is -2.36. The number of carbonyl (C=O) groups is 1. The molecule has 0 bridgehead atoms. The number of piperidine rings is 1. The number of aryl methyl sites for hydroxylation is 1. The minimum atomic E-state index is -4.73. The first-order chi connectivity index (χ1) is 16.3. The Hall–Kier alpha value is -3.63. The summed E-state index contributed by atoms with van der Waals surface area (Å²) in [7, 11) is 0. The van der Waals surface area contributed by atoms with Crippen LogP contribution in [0.15, 0.2) is 49.1 Å². The van der Waals surface area contributed by atoms with Crippen LogP contribution in [0.3, 0.4) is 0 Å². The molecule has 34 heavy (non-hydrogen) atoms. The van der Waals surface area contributed by atoms with Crippen molar-refractivity contribution in [3.63, 3.8) is 0 Å². The molecule has 1 atom stereocenters. The first kappa shape index (κ1) is 23.5. The van der Waals surface area contributed by atoms with E-state index >= 15 is 0 Å². The number of nitrogens with zero attached hydrogens (tertiary/aromatic N) is 5. The van der Waals surface area contributed by atoms with Gasteiger partial charge in [0.1, 0.15) is 17.9 Å². The van der Waals surface area contributed by atoms with Gasteiger partial charge < -0.3 is 15.0 Å². The molecular formula is C23H25F3N6O2. The summed E-state index contributed by atoms with van der Waals surface area (Å²) in [6.07, 6.45) is 3.53. The third-order valence-electron chi connectivity index (χ3n) is 5.55. The van der Waals surface area contributed by atoms with E-state index in [9.17, 15) is 18.0 Å². The van der Waals surface area contributed by atoms with E-state index in [-0.39, 0.29) is 24.2 Å². The lowest BCUT2D eigenvalue weighted by molar-refractivity contribution is -0.274. The Morgan fingerprint density at radius 2 is 2.00 bits per heavy atom. The average molecular weight is 474 g/mol. The van der Waals surface area contributed by atoms with Gasteiger partial charge in [-0.15, -0.1) is 13.2 Å². The zero-order chi connectivity index (χ0) is 24.1. The van der Waals surface area contributed by atoms with Crippen molar-refractivity contribution in [2.45, 2.75) is 51.6 Å². The zero-order valence-electron chi connectivity index (χ0n) is 18.6. The van der Waals surface area contributed by atoms with Crippen molar-refractivity contribution in [1.82, 2.24) is 24.8 Å². The predicted molar refractivity (Wildman–Crippen MR) is 118 cm³/mol. The third-order valence-corrected chi connectivity index (χ3v) is 5.55. The van der Waals surface area contributed by atoms with E-state index in [1.807, 2.05) is 13.0 Å². The van der Waals surface area contributed by atoms with Gasteiger partial charge in [0.2, 0.25) is 11.9 Å². The topological polar surface area (TPSA) is 85.2 Å².